The fourth-order valence-electron chi connectivity index (χ4n) is 4.25. The Bertz CT molecular complexity index is 715. The molecular formula is C20H30ClN3O4. The third kappa shape index (κ3) is 4.52. The van der Waals surface area contributed by atoms with E-state index in [9.17, 15) is 9.59 Å². The number of methoxy groups -OCH3 is 1. The molecule has 1 aromatic rings. The van der Waals surface area contributed by atoms with Crippen molar-refractivity contribution < 1.29 is 19.1 Å². The number of nitrogens with two attached hydrogens (primary N) is 1. The number of carbonyl (C=O) groups excluding carboxylic acids is 2. The molecule has 3 rings (SSSR count). The molecule has 0 radical (unpaired) electrons. The Labute approximate surface area is 172 Å². The number of nitrogens with zero attached hydrogens (tertiary/aromatic N) is 2. The second-order valence-corrected chi connectivity index (χ2v) is 7.54. The van der Waals surface area contributed by atoms with Crippen molar-refractivity contribution in [3.8, 4) is 11.5 Å². The average molecular weight is 412 g/mol. The summed E-state index contributed by atoms with van der Waals surface area (Å²) in [5, 5.41) is 0. The molecule has 28 heavy (non-hydrogen) atoms. The van der Waals surface area contributed by atoms with Crippen LogP contribution in [0.15, 0.2) is 18.2 Å². The summed E-state index contributed by atoms with van der Waals surface area (Å²) in [6.07, 6.45) is 2.40. The minimum atomic E-state index is -0.0759. The van der Waals surface area contributed by atoms with Crippen LogP contribution in [0.3, 0.4) is 0 Å². The van der Waals surface area contributed by atoms with Crippen LogP contribution < -0.4 is 15.2 Å². The Morgan fingerprint density at radius 2 is 2.04 bits per heavy atom. The number of rotatable bonds is 6. The van der Waals surface area contributed by atoms with Gasteiger partial charge in [0.2, 0.25) is 5.91 Å². The van der Waals surface area contributed by atoms with Crippen LogP contribution in [0.1, 0.15) is 29.6 Å². The van der Waals surface area contributed by atoms with Crippen LogP contribution in [0.2, 0.25) is 0 Å². The van der Waals surface area contributed by atoms with Gasteiger partial charge >= 0.3 is 0 Å². The number of fused-ring (bicyclic) bond motifs is 1. The Morgan fingerprint density at radius 1 is 1.32 bits per heavy atom. The van der Waals surface area contributed by atoms with Gasteiger partial charge in [0.15, 0.2) is 0 Å². The molecule has 1 aliphatic carbocycles. The Balaban J connectivity index is 0.00000280. The molecule has 0 spiro atoms. The molecule has 7 nitrogen and oxygen atoms in total. The molecule has 2 amide bonds. The maximum atomic E-state index is 13.1. The van der Waals surface area contributed by atoms with E-state index in [0.29, 0.717) is 48.5 Å². The highest BCUT2D eigenvalue weighted by atomic mass is 35.5. The van der Waals surface area contributed by atoms with Gasteiger partial charge in [-0.15, -0.1) is 12.4 Å². The van der Waals surface area contributed by atoms with E-state index in [0.717, 1.165) is 19.4 Å². The van der Waals surface area contributed by atoms with E-state index in [4.69, 9.17) is 15.2 Å². The largest absolute Gasteiger partial charge is 0.497 e. The first-order valence-electron chi connectivity index (χ1n) is 9.46. The van der Waals surface area contributed by atoms with E-state index in [1.807, 2.05) is 19.0 Å². The van der Waals surface area contributed by atoms with Gasteiger partial charge in [-0.3, -0.25) is 9.59 Å². The summed E-state index contributed by atoms with van der Waals surface area (Å²) in [5.41, 5.74) is 6.05. The summed E-state index contributed by atoms with van der Waals surface area (Å²) in [7, 11) is 5.28. The fourth-order valence-corrected chi connectivity index (χ4v) is 4.25. The zero-order valence-electron chi connectivity index (χ0n) is 16.7. The number of amides is 2. The van der Waals surface area contributed by atoms with Crippen LogP contribution in [0.25, 0.3) is 0 Å². The maximum Gasteiger partial charge on any atom is 0.257 e. The van der Waals surface area contributed by atoms with Crippen LogP contribution in [0.4, 0.5) is 0 Å². The number of ether oxygens (including phenoxy) is 2. The molecule has 3 atom stereocenters. The van der Waals surface area contributed by atoms with Crippen molar-refractivity contribution in [3.63, 3.8) is 0 Å². The lowest BCUT2D eigenvalue weighted by Gasteiger charge is -2.31. The number of piperidine rings is 1. The van der Waals surface area contributed by atoms with Gasteiger partial charge in [-0.2, -0.15) is 0 Å². The monoisotopic (exact) mass is 411 g/mol. The topological polar surface area (TPSA) is 85.1 Å². The Kier molecular flexibility index (Phi) is 7.55. The molecule has 0 unspecified atom stereocenters. The normalized spacial score (nSPS) is 23.6. The van der Waals surface area contributed by atoms with Crippen LogP contribution >= 0.6 is 12.4 Å². The summed E-state index contributed by atoms with van der Waals surface area (Å²) < 4.78 is 10.9. The Morgan fingerprint density at radius 3 is 2.71 bits per heavy atom. The minimum Gasteiger partial charge on any atom is -0.497 e. The van der Waals surface area contributed by atoms with Crippen molar-refractivity contribution in [2.75, 3.05) is 40.9 Å². The SMILES string of the molecule is COc1ccc(C(=O)N(C)[C@H]2C[C@H]3CC(=O)N(C)C[C@H]3C2)c(OCCN)c1.Cl. The van der Waals surface area contributed by atoms with Crippen LogP contribution in [0.5, 0.6) is 11.5 Å². The Hall–Kier alpha value is -1.99. The highest BCUT2D eigenvalue weighted by molar-refractivity contribution is 5.97. The first-order valence-corrected chi connectivity index (χ1v) is 9.46. The van der Waals surface area contributed by atoms with E-state index in [1.165, 1.54) is 0 Å². The molecule has 1 saturated heterocycles. The van der Waals surface area contributed by atoms with Crippen molar-refractivity contribution in [1.82, 2.24) is 9.80 Å². The van der Waals surface area contributed by atoms with E-state index in [1.54, 1.807) is 30.2 Å². The first-order chi connectivity index (χ1) is 12.9. The second-order valence-electron chi connectivity index (χ2n) is 7.54. The van der Waals surface area contributed by atoms with Crippen molar-refractivity contribution in [2.45, 2.75) is 25.3 Å². The molecule has 0 bridgehead atoms. The zero-order chi connectivity index (χ0) is 19.6. The molecule has 1 aliphatic heterocycles. The number of hydrogen-bond donors (Lipinski definition) is 1. The second kappa shape index (κ2) is 9.47. The van der Waals surface area contributed by atoms with E-state index in [2.05, 4.69) is 0 Å². The summed E-state index contributed by atoms with van der Waals surface area (Å²) >= 11 is 0. The molecule has 8 heteroatoms. The number of halogens is 1. The molecule has 156 valence electrons. The smallest absolute Gasteiger partial charge is 0.257 e. The van der Waals surface area contributed by atoms with Gasteiger partial charge in [-0.25, -0.2) is 0 Å². The third-order valence-corrected chi connectivity index (χ3v) is 5.85. The van der Waals surface area contributed by atoms with Crippen LogP contribution in [-0.4, -0.2) is 68.6 Å². The molecule has 1 heterocycles. The molecule has 1 saturated carbocycles. The predicted molar refractivity (Wildman–Crippen MR) is 109 cm³/mol. The minimum absolute atomic E-state index is 0. The first kappa shape index (κ1) is 22.3. The molecule has 2 N–H and O–H groups in total. The van der Waals surface area contributed by atoms with E-state index >= 15 is 0 Å². The van der Waals surface area contributed by atoms with Gasteiger partial charge in [-0.05, 0) is 36.8 Å². The lowest BCUT2D eigenvalue weighted by atomic mass is 9.88. The van der Waals surface area contributed by atoms with Crippen LogP contribution in [0, 0.1) is 11.8 Å². The van der Waals surface area contributed by atoms with Crippen molar-refractivity contribution in [3.05, 3.63) is 23.8 Å². The fraction of sp³-hybridized carbons (Fsp3) is 0.600. The van der Waals surface area contributed by atoms with E-state index in [-0.39, 0.29) is 30.3 Å². The summed E-state index contributed by atoms with van der Waals surface area (Å²) in [6.45, 7) is 1.49. The zero-order valence-corrected chi connectivity index (χ0v) is 17.5. The number of benzene rings is 1. The van der Waals surface area contributed by atoms with Gasteiger partial charge in [-0.1, -0.05) is 0 Å². The molecular weight excluding hydrogens is 382 g/mol. The van der Waals surface area contributed by atoms with Gasteiger partial charge in [0, 0.05) is 45.7 Å². The van der Waals surface area contributed by atoms with Crippen LogP contribution in [-0.2, 0) is 4.79 Å². The van der Waals surface area contributed by atoms with Crippen molar-refractivity contribution >= 4 is 24.2 Å². The number of carbonyl (C=O) groups is 2. The standard InChI is InChI=1S/C20H29N3O4.ClH/c1-22-12-14-9-15(8-13(14)10-19(22)24)23(2)20(25)17-5-4-16(26-3)11-18(17)27-7-6-21;/h4-5,11,13-15H,6-10,12,21H2,1-3H3;1H/t13-,14+,15-;/m0./s1. The molecule has 2 aliphatic rings. The summed E-state index contributed by atoms with van der Waals surface area (Å²) in [6, 6.07) is 5.36. The van der Waals surface area contributed by atoms with Gasteiger partial charge in [0.25, 0.3) is 5.91 Å². The molecule has 2 fully saturated rings. The highest BCUT2D eigenvalue weighted by Crippen LogP contribution is 2.40. The van der Waals surface area contributed by atoms with Gasteiger partial charge in [0.05, 0.1) is 12.7 Å². The lowest BCUT2D eigenvalue weighted by molar-refractivity contribution is -0.134. The lowest BCUT2D eigenvalue weighted by Crippen LogP contribution is -2.40. The summed E-state index contributed by atoms with van der Waals surface area (Å²) in [4.78, 5) is 28.7. The molecule has 1 aromatic carbocycles. The molecule has 0 aromatic heterocycles. The van der Waals surface area contributed by atoms with E-state index < -0.39 is 0 Å². The maximum absolute atomic E-state index is 13.1. The van der Waals surface area contributed by atoms with Gasteiger partial charge in [0.1, 0.15) is 18.1 Å². The number of hydrogen-bond acceptors (Lipinski definition) is 5. The van der Waals surface area contributed by atoms with Crippen molar-refractivity contribution in [2.24, 2.45) is 17.6 Å². The van der Waals surface area contributed by atoms with Gasteiger partial charge < -0.3 is 25.0 Å². The summed E-state index contributed by atoms with van der Waals surface area (Å²) in [5.74, 6) is 2.10. The third-order valence-electron chi connectivity index (χ3n) is 5.85. The quantitative estimate of drug-likeness (QED) is 0.771. The van der Waals surface area contributed by atoms with Crippen molar-refractivity contribution in [1.29, 1.82) is 0 Å². The highest BCUT2D eigenvalue weighted by Gasteiger charge is 2.42. The average Bonchev–Trinajstić information content (AvgIpc) is 3.07. The predicted octanol–water partition coefficient (Wildman–Crippen LogP) is 1.78. The number of likely N-dealkylation sites (tertiary alicyclic amines) is 1.